The van der Waals surface area contributed by atoms with Crippen molar-refractivity contribution < 1.29 is 13.2 Å². The number of aryl methyl sites for hydroxylation is 3. The topological polar surface area (TPSA) is 66.5 Å². The Kier molecular flexibility index (Phi) is 6.44. The Bertz CT molecular complexity index is 984. The highest BCUT2D eigenvalue weighted by molar-refractivity contribution is 7.89. The van der Waals surface area contributed by atoms with Gasteiger partial charge >= 0.3 is 0 Å². The van der Waals surface area contributed by atoms with E-state index in [9.17, 15) is 13.2 Å². The molecule has 2 aromatic rings. The molecule has 1 aliphatic rings. The minimum Gasteiger partial charge on any atom is -0.349 e. The Hall–Kier alpha value is -2.18. The minimum atomic E-state index is -3.58. The van der Waals surface area contributed by atoms with E-state index >= 15 is 0 Å². The fraction of sp³-hybridized carbons (Fsp3) is 0.435. The predicted octanol–water partition coefficient (Wildman–Crippen LogP) is 3.89. The van der Waals surface area contributed by atoms with Crippen molar-refractivity contribution >= 4 is 15.9 Å². The molecule has 29 heavy (non-hydrogen) atoms. The van der Waals surface area contributed by atoms with Gasteiger partial charge in [0.05, 0.1) is 16.9 Å². The number of piperidine rings is 1. The first-order valence-electron chi connectivity index (χ1n) is 10.1. The van der Waals surface area contributed by atoms with Gasteiger partial charge in [-0.25, -0.2) is 8.42 Å². The first kappa shape index (κ1) is 21.5. The first-order valence-corrected chi connectivity index (χ1v) is 11.6. The maximum Gasteiger partial charge on any atom is 0.243 e. The van der Waals surface area contributed by atoms with Crippen molar-refractivity contribution in [1.29, 1.82) is 0 Å². The minimum absolute atomic E-state index is 0.0821. The summed E-state index contributed by atoms with van der Waals surface area (Å²) < 4.78 is 27.4. The van der Waals surface area contributed by atoms with Crippen molar-refractivity contribution in [2.75, 3.05) is 13.1 Å². The number of benzene rings is 2. The van der Waals surface area contributed by atoms with Crippen LogP contribution in [0.2, 0.25) is 0 Å². The molecule has 2 atom stereocenters. The third-order valence-corrected chi connectivity index (χ3v) is 7.54. The van der Waals surface area contributed by atoms with Crippen molar-refractivity contribution in [2.24, 2.45) is 5.92 Å². The Morgan fingerprint density at radius 2 is 1.72 bits per heavy atom. The number of nitrogens with zero attached hydrogens (tertiary/aromatic N) is 1. The Balaban J connectivity index is 1.69. The molecule has 1 saturated heterocycles. The Morgan fingerprint density at radius 3 is 2.38 bits per heavy atom. The zero-order chi connectivity index (χ0) is 21.2. The SMILES string of the molecule is Cc1ccc(S(=O)(=O)N2CCC[C@H](C(=O)N[C@H](C)c3ccc(C)cc3C)C2)cc1. The maximum absolute atomic E-state index is 13.0. The highest BCUT2D eigenvalue weighted by atomic mass is 32.2. The van der Waals surface area contributed by atoms with Crippen LogP contribution in [0.3, 0.4) is 0 Å². The van der Waals surface area contributed by atoms with Crippen LogP contribution in [-0.2, 0) is 14.8 Å². The van der Waals surface area contributed by atoms with E-state index < -0.39 is 10.0 Å². The van der Waals surface area contributed by atoms with Gasteiger partial charge < -0.3 is 5.32 Å². The zero-order valence-corrected chi connectivity index (χ0v) is 18.4. The number of amides is 1. The summed E-state index contributed by atoms with van der Waals surface area (Å²) in [6.07, 6.45) is 1.38. The maximum atomic E-state index is 13.0. The molecule has 0 spiro atoms. The number of nitrogens with one attached hydrogen (secondary N) is 1. The third kappa shape index (κ3) is 4.87. The van der Waals surface area contributed by atoms with Crippen molar-refractivity contribution in [1.82, 2.24) is 9.62 Å². The number of hydrogen-bond donors (Lipinski definition) is 1. The van der Waals surface area contributed by atoms with Crippen LogP contribution >= 0.6 is 0 Å². The molecule has 1 fully saturated rings. The highest BCUT2D eigenvalue weighted by Gasteiger charge is 2.33. The molecule has 0 aliphatic carbocycles. The predicted molar refractivity (Wildman–Crippen MR) is 115 cm³/mol. The normalized spacial score (nSPS) is 19.0. The Labute approximate surface area is 174 Å². The molecular weight excluding hydrogens is 384 g/mol. The van der Waals surface area contributed by atoms with Crippen molar-refractivity contribution in [3.63, 3.8) is 0 Å². The van der Waals surface area contributed by atoms with E-state index in [2.05, 4.69) is 11.4 Å². The van der Waals surface area contributed by atoms with Gasteiger partial charge in [-0.1, -0.05) is 41.5 Å². The van der Waals surface area contributed by atoms with E-state index in [1.807, 2.05) is 39.8 Å². The number of hydrogen-bond acceptors (Lipinski definition) is 3. The van der Waals surface area contributed by atoms with Gasteiger partial charge in [0.2, 0.25) is 15.9 Å². The van der Waals surface area contributed by atoms with Crippen molar-refractivity contribution in [2.45, 2.75) is 51.5 Å². The second-order valence-electron chi connectivity index (χ2n) is 8.11. The molecule has 1 amide bonds. The number of sulfonamides is 1. The summed E-state index contributed by atoms with van der Waals surface area (Å²) in [6.45, 7) is 8.66. The number of rotatable bonds is 5. The van der Waals surface area contributed by atoms with Crippen LogP contribution in [0, 0.1) is 26.7 Å². The zero-order valence-electron chi connectivity index (χ0n) is 17.6. The third-order valence-electron chi connectivity index (χ3n) is 5.66. The summed E-state index contributed by atoms with van der Waals surface area (Å²) >= 11 is 0. The van der Waals surface area contributed by atoms with E-state index in [-0.39, 0.29) is 29.3 Å². The lowest BCUT2D eigenvalue weighted by atomic mass is 9.96. The van der Waals surface area contributed by atoms with E-state index in [0.717, 1.165) is 16.7 Å². The molecular formula is C23H30N2O3S. The highest BCUT2D eigenvalue weighted by Crippen LogP contribution is 2.25. The second kappa shape index (κ2) is 8.67. The molecule has 1 N–H and O–H groups in total. The Morgan fingerprint density at radius 1 is 1.07 bits per heavy atom. The molecule has 1 aliphatic heterocycles. The molecule has 0 bridgehead atoms. The fourth-order valence-electron chi connectivity index (χ4n) is 3.95. The van der Waals surface area contributed by atoms with Gasteiger partial charge in [0.15, 0.2) is 0 Å². The van der Waals surface area contributed by atoms with E-state index in [4.69, 9.17) is 0 Å². The molecule has 0 saturated carbocycles. The van der Waals surface area contributed by atoms with Crippen LogP contribution < -0.4 is 5.32 Å². The van der Waals surface area contributed by atoms with Gasteiger partial charge in [0.25, 0.3) is 0 Å². The lowest BCUT2D eigenvalue weighted by molar-refractivity contribution is -0.126. The summed E-state index contributed by atoms with van der Waals surface area (Å²) in [7, 11) is -3.58. The van der Waals surface area contributed by atoms with Gasteiger partial charge in [-0.15, -0.1) is 0 Å². The number of carbonyl (C=O) groups is 1. The monoisotopic (exact) mass is 414 g/mol. The standard InChI is InChI=1S/C23H30N2O3S/c1-16-7-10-21(11-8-16)29(27,28)25-13-5-6-20(15-25)23(26)24-19(4)22-12-9-17(2)14-18(22)3/h7-12,14,19-20H,5-6,13,15H2,1-4H3,(H,24,26)/t19-,20+/m1/s1. The molecule has 156 valence electrons. The van der Waals surface area contributed by atoms with Crippen LogP contribution in [0.25, 0.3) is 0 Å². The largest absolute Gasteiger partial charge is 0.349 e. The van der Waals surface area contributed by atoms with Crippen LogP contribution in [-0.4, -0.2) is 31.7 Å². The lowest BCUT2D eigenvalue weighted by Crippen LogP contribution is -2.45. The lowest BCUT2D eigenvalue weighted by Gasteiger charge is -2.32. The van der Waals surface area contributed by atoms with Crippen molar-refractivity contribution in [3.8, 4) is 0 Å². The van der Waals surface area contributed by atoms with Crippen LogP contribution in [0.1, 0.15) is 48.1 Å². The van der Waals surface area contributed by atoms with Crippen LogP contribution in [0.5, 0.6) is 0 Å². The second-order valence-corrected chi connectivity index (χ2v) is 10.0. The molecule has 0 radical (unpaired) electrons. The van der Waals surface area contributed by atoms with E-state index in [1.54, 1.807) is 24.3 Å². The van der Waals surface area contributed by atoms with E-state index in [0.29, 0.717) is 19.4 Å². The van der Waals surface area contributed by atoms with Gasteiger partial charge in [-0.05, 0) is 63.8 Å². The molecule has 6 heteroatoms. The van der Waals surface area contributed by atoms with Gasteiger partial charge in [0.1, 0.15) is 0 Å². The average Bonchev–Trinajstić information content (AvgIpc) is 2.68. The summed E-state index contributed by atoms with van der Waals surface area (Å²) in [5.41, 5.74) is 4.43. The molecule has 0 aromatic heterocycles. The van der Waals surface area contributed by atoms with Gasteiger partial charge in [0, 0.05) is 13.1 Å². The van der Waals surface area contributed by atoms with Gasteiger partial charge in [-0.2, -0.15) is 4.31 Å². The molecule has 3 rings (SSSR count). The van der Waals surface area contributed by atoms with Crippen LogP contribution in [0.4, 0.5) is 0 Å². The average molecular weight is 415 g/mol. The molecule has 2 aromatic carbocycles. The van der Waals surface area contributed by atoms with Gasteiger partial charge in [-0.3, -0.25) is 4.79 Å². The number of carbonyl (C=O) groups excluding carboxylic acids is 1. The van der Waals surface area contributed by atoms with E-state index in [1.165, 1.54) is 9.87 Å². The first-order chi connectivity index (χ1) is 13.7. The summed E-state index contributed by atoms with van der Waals surface area (Å²) in [5, 5.41) is 3.08. The van der Waals surface area contributed by atoms with Crippen molar-refractivity contribution in [3.05, 3.63) is 64.7 Å². The molecule has 1 heterocycles. The summed E-state index contributed by atoms with van der Waals surface area (Å²) in [4.78, 5) is 13.2. The quantitative estimate of drug-likeness (QED) is 0.807. The van der Waals surface area contributed by atoms with Crippen LogP contribution in [0.15, 0.2) is 47.4 Å². The smallest absolute Gasteiger partial charge is 0.243 e. The molecule has 5 nitrogen and oxygen atoms in total. The fourth-order valence-corrected chi connectivity index (χ4v) is 5.48. The summed E-state index contributed by atoms with van der Waals surface area (Å²) in [5.74, 6) is -0.418. The summed E-state index contributed by atoms with van der Waals surface area (Å²) in [6, 6.07) is 12.9. The molecule has 0 unspecified atom stereocenters.